The van der Waals surface area contributed by atoms with Crippen LogP contribution in [0.15, 0.2) is 18.2 Å². The molecule has 0 aliphatic carbocycles. The van der Waals surface area contributed by atoms with Gasteiger partial charge in [0.05, 0.1) is 4.92 Å². The van der Waals surface area contributed by atoms with Crippen LogP contribution < -0.4 is 4.74 Å². The predicted molar refractivity (Wildman–Crippen MR) is 63.9 cm³/mol. The van der Waals surface area contributed by atoms with E-state index >= 15 is 0 Å². The Morgan fingerprint density at radius 1 is 1.38 bits per heavy atom. The van der Waals surface area contributed by atoms with E-state index in [-0.39, 0.29) is 5.88 Å². The van der Waals surface area contributed by atoms with Gasteiger partial charge in [0, 0.05) is 24.9 Å². The van der Waals surface area contributed by atoms with Gasteiger partial charge in [0.25, 0.3) is 0 Å². The zero-order chi connectivity index (χ0) is 15.8. The molecule has 2 rings (SSSR count). The van der Waals surface area contributed by atoms with Crippen LogP contribution in [-0.2, 0) is 13.2 Å². The Kier molecular flexibility index (Phi) is 3.54. The molecule has 21 heavy (non-hydrogen) atoms. The van der Waals surface area contributed by atoms with Crippen molar-refractivity contribution >= 4 is 5.69 Å². The standard InChI is InChI=1S/C11H9F3N4O3/c1-6-3-4-7(18(19)20)10(15-6)21-9-5-8(11(12,13)14)16-17(9)2/h3-5H,1-2H3. The van der Waals surface area contributed by atoms with Gasteiger partial charge in [0.15, 0.2) is 5.69 Å². The minimum Gasteiger partial charge on any atom is -0.415 e. The Balaban J connectivity index is 2.41. The Morgan fingerprint density at radius 3 is 2.57 bits per heavy atom. The lowest BCUT2D eigenvalue weighted by molar-refractivity contribution is -0.386. The van der Waals surface area contributed by atoms with Gasteiger partial charge < -0.3 is 4.74 Å². The molecule has 2 heterocycles. The van der Waals surface area contributed by atoms with Gasteiger partial charge in [0.1, 0.15) is 0 Å². The maximum atomic E-state index is 12.5. The van der Waals surface area contributed by atoms with Crippen LogP contribution in [-0.4, -0.2) is 19.7 Å². The zero-order valence-electron chi connectivity index (χ0n) is 10.9. The fourth-order valence-corrected chi connectivity index (χ4v) is 1.52. The summed E-state index contributed by atoms with van der Waals surface area (Å²) < 4.78 is 43.5. The van der Waals surface area contributed by atoms with Crippen LogP contribution >= 0.6 is 0 Å². The largest absolute Gasteiger partial charge is 0.435 e. The summed E-state index contributed by atoms with van der Waals surface area (Å²) >= 11 is 0. The summed E-state index contributed by atoms with van der Waals surface area (Å²) in [6.07, 6.45) is -4.63. The molecule has 0 unspecified atom stereocenters. The molecular formula is C11H9F3N4O3. The molecule has 7 nitrogen and oxygen atoms in total. The van der Waals surface area contributed by atoms with Crippen LogP contribution in [0.5, 0.6) is 11.8 Å². The normalized spacial score (nSPS) is 11.5. The Hall–Kier alpha value is -2.65. The van der Waals surface area contributed by atoms with E-state index in [0.29, 0.717) is 11.8 Å². The Bertz CT molecular complexity index is 697. The number of rotatable bonds is 3. The second-order valence-electron chi connectivity index (χ2n) is 4.13. The number of hydrogen-bond donors (Lipinski definition) is 0. The highest BCUT2D eigenvalue weighted by Crippen LogP contribution is 2.33. The first kappa shape index (κ1) is 14.8. The summed E-state index contributed by atoms with van der Waals surface area (Å²) in [5.41, 5.74) is -1.18. The van der Waals surface area contributed by atoms with Gasteiger partial charge in [-0.3, -0.25) is 10.1 Å². The maximum absolute atomic E-state index is 12.5. The highest BCUT2D eigenvalue weighted by atomic mass is 19.4. The van der Waals surface area contributed by atoms with E-state index in [0.717, 1.165) is 4.68 Å². The summed E-state index contributed by atoms with van der Waals surface area (Å²) in [4.78, 5) is 13.9. The van der Waals surface area contributed by atoms with Crippen LogP contribution in [0.2, 0.25) is 0 Å². The molecule has 112 valence electrons. The van der Waals surface area contributed by atoms with Crippen LogP contribution in [0, 0.1) is 17.0 Å². The maximum Gasteiger partial charge on any atom is 0.435 e. The summed E-state index contributed by atoms with van der Waals surface area (Å²) in [5, 5.41) is 14.1. The lowest BCUT2D eigenvalue weighted by Crippen LogP contribution is -2.06. The molecule has 0 bridgehead atoms. The number of halogens is 3. The molecule has 0 saturated carbocycles. The van der Waals surface area contributed by atoms with E-state index in [2.05, 4.69) is 10.1 Å². The molecule has 0 spiro atoms. The molecule has 2 aromatic rings. The van der Waals surface area contributed by atoms with Crippen molar-refractivity contribution in [3.05, 3.63) is 39.7 Å². The molecule has 0 radical (unpaired) electrons. The third-order valence-electron chi connectivity index (χ3n) is 2.50. The van der Waals surface area contributed by atoms with Crippen LogP contribution in [0.3, 0.4) is 0 Å². The first-order valence-electron chi connectivity index (χ1n) is 5.59. The molecule has 10 heteroatoms. The number of pyridine rings is 1. The van der Waals surface area contributed by atoms with Crippen molar-refractivity contribution in [3.63, 3.8) is 0 Å². The first-order chi connectivity index (χ1) is 9.68. The summed E-state index contributed by atoms with van der Waals surface area (Å²) in [5.74, 6) is -0.694. The third kappa shape index (κ3) is 3.09. The van der Waals surface area contributed by atoms with Crippen molar-refractivity contribution in [2.24, 2.45) is 7.05 Å². The number of nitrogens with zero attached hydrogens (tertiary/aromatic N) is 4. The van der Waals surface area contributed by atoms with E-state index in [4.69, 9.17) is 4.74 Å². The molecule has 0 aromatic carbocycles. The second-order valence-corrected chi connectivity index (χ2v) is 4.13. The van der Waals surface area contributed by atoms with Gasteiger partial charge in [0.2, 0.25) is 5.88 Å². The Morgan fingerprint density at radius 2 is 2.05 bits per heavy atom. The van der Waals surface area contributed by atoms with Crippen molar-refractivity contribution in [1.29, 1.82) is 0 Å². The minimum atomic E-state index is -4.63. The van der Waals surface area contributed by atoms with Crippen molar-refractivity contribution in [2.75, 3.05) is 0 Å². The minimum absolute atomic E-state index is 0.302. The topological polar surface area (TPSA) is 83.1 Å². The summed E-state index contributed by atoms with van der Waals surface area (Å²) in [6.45, 7) is 1.57. The highest BCUT2D eigenvalue weighted by molar-refractivity contribution is 5.43. The van der Waals surface area contributed by atoms with Crippen LogP contribution in [0.25, 0.3) is 0 Å². The van der Waals surface area contributed by atoms with Crippen molar-refractivity contribution in [1.82, 2.24) is 14.8 Å². The van der Waals surface area contributed by atoms with E-state index in [1.54, 1.807) is 6.92 Å². The molecule has 0 aliphatic rings. The van der Waals surface area contributed by atoms with E-state index in [1.807, 2.05) is 0 Å². The number of aryl methyl sites for hydroxylation is 2. The molecule has 2 aromatic heterocycles. The third-order valence-corrected chi connectivity index (χ3v) is 2.50. The zero-order valence-corrected chi connectivity index (χ0v) is 10.9. The lowest BCUT2D eigenvalue weighted by Gasteiger charge is -2.05. The summed E-state index contributed by atoms with van der Waals surface area (Å²) in [6, 6.07) is 3.21. The predicted octanol–water partition coefficient (Wildman–Crippen LogP) is 2.84. The Labute approximate surface area is 116 Å². The van der Waals surface area contributed by atoms with Gasteiger partial charge in [-0.25, -0.2) is 9.67 Å². The number of nitro groups is 1. The molecule has 0 N–H and O–H groups in total. The number of hydrogen-bond acceptors (Lipinski definition) is 5. The molecule has 0 saturated heterocycles. The number of aromatic nitrogens is 3. The van der Waals surface area contributed by atoms with E-state index in [1.165, 1.54) is 19.2 Å². The van der Waals surface area contributed by atoms with Crippen molar-refractivity contribution < 1.29 is 22.8 Å². The fourth-order valence-electron chi connectivity index (χ4n) is 1.52. The van der Waals surface area contributed by atoms with Gasteiger partial charge in [-0.15, -0.1) is 0 Å². The fraction of sp³-hybridized carbons (Fsp3) is 0.273. The monoisotopic (exact) mass is 302 g/mol. The summed E-state index contributed by atoms with van der Waals surface area (Å²) in [7, 11) is 1.23. The average molecular weight is 302 g/mol. The van der Waals surface area contributed by atoms with Gasteiger partial charge in [-0.05, 0) is 13.0 Å². The SMILES string of the molecule is Cc1ccc([N+](=O)[O-])c(Oc2cc(C(F)(F)F)nn2C)n1. The van der Waals surface area contributed by atoms with Gasteiger partial charge >= 0.3 is 17.7 Å². The lowest BCUT2D eigenvalue weighted by atomic mass is 10.3. The van der Waals surface area contributed by atoms with Crippen LogP contribution in [0.1, 0.15) is 11.4 Å². The quantitative estimate of drug-likeness (QED) is 0.643. The number of alkyl halides is 3. The number of ether oxygens (including phenoxy) is 1. The average Bonchev–Trinajstić information content (AvgIpc) is 2.70. The van der Waals surface area contributed by atoms with Crippen molar-refractivity contribution in [3.8, 4) is 11.8 Å². The molecule has 0 fully saturated rings. The van der Waals surface area contributed by atoms with Gasteiger partial charge in [-0.2, -0.15) is 18.3 Å². The van der Waals surface area contributed by atoms with Gasteiger partial charge in [-0.1, -0.05) is 0 Å². The van der Waals surface area contributed by atoms with E-state index in [9.17, 15) is 23.3 Å². The molecule has 0 atom stereocenters. The molecular weight excluding hydrogens is 293 g/mol. The molecule has 0 aliphatic heterocycles. The smallest absolute Gasteiger partial charge is 0.415 e. The van der Waals surface area contributed by atoms with Crippen LogP contribution in [0.4, 0.5) is 18.9 Å². The van der Waals surface area contributed by atoms with Crippen molar-refractivity contribution in [2.45, 2.75) is 13.1 Å². The van der Waals surface area contributed by atoms with E-state index < -0.39 is 28.4 Å². The first-order valence-corrected chi connectivity index (χ1v) is 5.59. The second kappa shape index (κ2) is 5.04. The molecule has 0 amide bonds. The highest BCUT2D eigenvalue weighted by Gasteiger charge is 2.35.